The zero-order valence-corrected chi connectivity index (χ0v) is 15.8. The predicted molar refractivity (Wildman–Crippen MR) is 87.6 cm³/mol. The first-order chi connectivity index (χ1) is 8.22. The molecule has 0 bridgehead atoms. The van der Waals surface area contributed by atoms with E-state index in [9.17, 15) is 0 Å². The number of benzene rings is 1. The Hall–Kier alpha value is -0.169. The van der Waals surface area contributed by atoms with Crippen LogP contribution in [0.25, 0.3) is 0 Å². The van der Waals surface area contributed by atoms with Gasteiger partial charge in [0.05, 0.1) is 8.31 Å². The van der Waals surface area contributed by atoms with Gasteiger partial charge < -0.3 is 4.12 Å². The second-order valence-corrected chi connectivity index (χ2v) is 19.5. The summed E-state index contributed by atoms with van der Waals surface area (Å²) in [5, 5.41) is 1.75. The van der Waals surface area contributed by atoms with E-state index in [4.69, 9.17) is 4.12 Å². The molecule has 1 nitrogen and oxygen atoms in total. The summed E-state index contributed by atoms with van der Waals surface area (Å²) >= 11 is 0. The first kappa shape index (κ1) is 15.9. The number of rotatable bonds is 4. The molecule has 0 N–H and O–H groups in total. The van der Waals surface area contributed by atoms with Crippen molar-refractivity contribution in [1.29, 1.82) is 0 Å². The van der Waals surface area contributed by atoms with Crippen molar-refractivity contribution in [1.82, 2.24) is 0 Å². The van der Waals surface area contributed by atoms with Crippen molar-refractivity contribution < 1.29 is 4.12 Å². The predicted octanol–water partition coefficient (Wildman–Crippen LogP) is 3.74. The van der Waals surface area contributed by atoms with E-state index < -0.39 is 25.2 Å². The molecule has 2 radical (unpaired) electrons. The van der Waals surface area contributed by atoms with Crippen LogP contribution in [0.4, 0.5) is 0 Å². The summed E-state index contributed by atoms with van der Waals surface area (Å²) in [6.45, 7) is 16.5. The normalized spacial score (nSPS) is 16.1. The topological polar surface area (TPSA) is 9.23 Å². The van der Waals surface area contributed by atoms with Gasteiger partial charge in [0.15, 0.2) is 16.9 Å². The lowest BCUT2D eigenvalue weighted by molar-refractivity contribution is 0.531. The summed E-state index contributed by atoms with van der Waals surface area (Å²) < 4.78 is 6.74. The molecule has 1 atom stereocenters. The summed E-state index contributed by atoms with van der Waals surface area (Å²) in [6.07, 6.45) is 0. The molecular weight excluding hydrogens is 268 g/mol. The lowest BCUT2D eigenvalue weighted by atomic mass is 10.2. The maximum atomic E-state index is 6.74. The fraction of sp³-hybridized carbons (Fsp3) is 0.571. The van der Waals surface area contributed by atoms with Crippen LogP contribution >= 0.6 is 0 Å². The lowest BCUT2D eigenvalue weighted by Gasteiger charge is -2.46. The summed E-state index contributed by atoms with van der Waals surface area (Å²) in [7, 11) is -3.04. The Kier molecular flexibility index (Phi) is 5.17. The van der Waals surface area contributed by atoms with Crippen LogP contribution in [0.1, 0.15) is 20.8 Å². The molecule has 1 rings (SSSR count). The molecule has 1 aromatic carbocycles. The third kappa shape index (κ3) is 3.04. The van der Waals surface area contributed by atoms with Gasteiger partial charge in [0.1, 0.15) is 0 Å². The van der Waals surface area contributed by atoms with Crippen LogP contribution in [-0.4, -0.2) is 25.2 Å². The average molecular weight is 295 g/mol. The van der Waals surface area contributed by atoms with E-state index in [1.807, 2.05) is 0 Å². The van der Waals surface area contributed by atoms with Crippen LogP contribution in [0.5, 0.6) is 0 Å². The molecule has 0 saturated heterocycles. The summed E-state index contributed by atoms with van der Waals surface area (Å²) in [5.41, 5.74) is 0. The van der Waals surface area contributed by atoms with Crippen molar-refractivity contribution in [3.8, 4) is 0 Å². The van der Waals surface area contributed by atoms with Crippen LogP contribution in [0, 0.1) is 0 Å². The molecule has 0 saturated carbocycles. The monoisotopic (exact) mass is 294 g/mol. The molecule has 4 heteroatoms. The van der Waals surface area contributed by atoms with Crippen molar-refractivity contribution in [2.45, 2.75) is 52.0 Å². The van der Waals surface area contributed by atoms with Gasteiger partial charge in [-0.05, 0) is 23.3 Å². The van der Waals surface area contributed by atoms with Crippen molar-refractivity contribution in [3.05, 3.63) is 30.3 Å². The first-order valence-electron chi connectivity index (χ1n) is 6.57. The van der Waals surface area contributed by atoms with Crippen molar-refractivity contribution in [3.63, 3.8) is 0 Å². The molecule has 0 fully saturated rings. The van der Waals surface area contributed by atoms with Crippen molar-refractivity contribution in [2.24, 2.45) is 0 Å². The molecule has 18 heavy (non-hydrogen) atoms. The molecule has 0 aromatic heterocycles. The van der Waals surface area contributed by atoms with Gasteiger partial charge in [0.25, 0.3) is 0 Å². The highest BCUT2D eigenvalue weighted by molar-refractivity contribution is 7.37. The Bertz CT molecular complexity index is 370. The van der Waals surface area contributed by atoms with Gasteiger partial charge in [-0.2, -0.15) is 0 Å². The molecule has 0 aliphatic rings. The summed E-state index contributed by atoms with van der Waals surface area (Å²) in [4.78, 5) is 0. The maximum absolute atomic E-state index is 6.74. The van der Waals surface area contributed by atoms with Crippen LogP contribution in [-0.2, 0) is 4.12 Å². The zero-order valence-electron chi connectivity index (χ0n) is 12.8. The van der Waals surface area contributed by atoms with E-state index in [1.165, 1.54) is 5.19 Å². The molecule has 0 aliphatic heterocycles. The van der Waals surface area contributed by atoms with E-state index >= 15 is 0 Å². The zero-order chi connectivity index (χ0) is 14.0. The molecule has 0 amide bonds. The third-order valence-electron chi connectivity index (χ3n) is 3.30. The minimum Gasteiger partial charge on any atom is -0.454 e. The van der Waals surface area contributed by atoms with Crippen molar-refractivity contribution >= 4 is 30.4 Å². The smallest absolute Gasteiger partial charge is 0.199 e. The van der Waals surface area contributed by atoms with Gasteiger partial charge in [0, 0.05) is 0 Å². The molecule has 0 spiro atoms. The van der Waals surface area contributed by atoms with Crippen LogP contribution in [0.2, 0.25) is 31.2 Å². The highest BCUT2D eigenvalue weighted by Gasteiger charge is 2.51. The van der Waals surface area contributed by atoms with E-state index in [0.717, 1.165) is 0 Å². The standard InChI is InChI=1S/C14H26OSi3/c1-14(2,3)18(17(6)7,15-16(4)5)13-11-9-8-10-12-13/h8-12H,1-7H3. The Morgan fingerprint density at radius 3 is 1.78 bits per heavy atom. The molecule has 0 aliphatic carbocycles. The van der Waals surface area contributed by atoms with Gasteiger partial charge in [-0.15, -0.1) is 0 Å². The van der Waals surface area contributed by atoms with E-state index in [0.29, 0.717) is 0 Å². The largest absolute Gasteiger partial charge is 0.454 e. The Morgan fingerprint density at radius 1 is 0.944 bits per heavy atom. The maximum Gasteiger partial charge on any atom is 0.199 e. The SMILES string of the molecule is C[Si](C)O[Si](c1ccccc1)([Si](C)C)C(C)(C)C. The van der Waals surface area contributed by atoms with Crippen LogP contribution in [0.15, 0.2) is 30.3 Å². The fourth-order valence-corrected chi connectivity index (χ4v) is 21.7. The minimum atomic E-state index is -1.87. The Morgan fingerprint density at radius 2 is 1.44 bits per heavy atom. The second-order valence-electron chi connectivity index (χ2n) is 6.31. The second kappa shape index (κ2) is 5.86. The Balaban J connectivity index is 3.40. The van der Waals surface area contributed by atoms with Gasteiger partial charge in [-0.3, -0.25) is 0 Å². The molecule has 100 valence electrons. The lowest BCUT2D eigenvalue weighted by Crippen LogP contribution is -2.68. The fourth-order valence-electron chi connectivity index (χ4n) is 2.76. The van der Waals surface area contributed by atoms with E-state index in [1.54, 1.807) is 0 Å². The van der Waals surface area contributed by atoms with E-state index in [2.05, 4.69) is 77.3 Å². The third-order valence-corrected chi connectivity index (χ3v) is 19.1. The van der Waals surface area contributed by atoms with Crippen LogP contribution < -0.4 is 5.19 Å². The molecular formula is C14H26OSi3. The molecule has 1 unspecified atom stereocenters. The minimum absolute atomic E-state index is 0.258. The molecule has 1 aromatic rings. The van der Waals surface area contributed by atoms with Gasteiger partial charge in [0.2, 0.25) is 0 Å². The average Bonchev–Trinajstić information content (AvgIpc) is 2.24. The Labute approximate surface area is 117 Å². The van der Waals surface area contributed by atoms with Gasteiger partial charge in [-0.1, -0.05) is 64.2 Å². The van der Waals surface area contributed by atoms with Gasteiger partial charge >= 0.3 is 0 Å². The highest BCUT2D eigenvalue weighted by atomic mass is 29.2. The number of hydrogen-bond acceptors (Lipinski definition) is 1. The summed E-state index contributed by atoms with van der Waals surface area (Å²) in [6, 6.07) is 11.0. The quantitative estimate of drug-likeness (QED) is 0.769. The highest BCUT2D eigenvalue weighted by Crippen LogP contribution is 2.38. The molecule has 0 heterocycles. The van der Waals surface area contributed by atoms with Crippen molar-refractivity contribution in [2.75, 3.05) is 0 Å². The number of hydrogen-bond donors (Lipinski definition) is 0. The first-order valence-corrected chi connectivity index (χ1v) is 14.4. The van der Waals surface area contributed by atoms with Crippen LogP contribution in [0.3, 0.4) is 0 Å². The summed E-state index contributed by atoms with van der Waals surface area (Å²) in [5.74, 6) is 0. The van der Waals surface area contributed by atoms with E-state index in [-0.39, 0.29) is 5.04 Å². The van der Waals surface area contributed by atoms with Gasteiger partial charge in [-0.25, -0.2) is 0 Å².